The van der Waals surface area contributed by atoms with Crippen molar-refractivity contribution in [3.63, 3.8) is 0 Å². The lowest BCUT2D eigenvalue weighted by molar-refractivity contribution is 0.0110. The molecule has 1 N–H and O–H groups in total. The molecule has 274 valence electrons. The van der Waals surface area contributed by atoms with E-state index in [0.29, 0.717) is 35.1 Å². The van der Waals surface area contributed by atoms with E-state index in [9.17, 15) is 0 Å². The number of nitrogens with zero attached hydrogens (tertiary/aromatic N) is 3. The minimum atomic E-state index is -0.412. The highest BCUT2D eigenvalue weighted by Gasteiger charge is 2.53. The van der Waals surface area contributed by atoms with Gasteiger partial charge in [-0.2, -0.15) is 0 Å². The van der Waals surface area contributed by atoms with E-state index in [0.717, 1.165) is 37.1 Å². The third-order valence-corrected chi connectivity index (χ3v) is 15.4. The van der Waals surface area contributed by atoms with Gasteiger partial charge in [0, 0.05) is 51.1 Å². The first-order chi connectivity index (χ1) is 26.3. The molecule has 10 rings (SSSR count). The number of allylic oxidation sites excluding steroid dienone is 10. The SMILES string of the molecule is CC1CC(C)(N2C3CC(C4=C5SC6C=CC=CC6C5=CCC4)=CC=C3C3C=CC=CC32)C=CC1C1N=C(c2ccccc2)NC(C)(c2ccccc2)N1C. The van der Waals surface area contributed by atoms with Gasteiger partial charge in [0.1, 0.15) is 17.7 Å². The summed E-state index contributed by atoms with van der Waals surface area (Å²) in [6.07, 6.45) is 36.0. The van der Waals surface area contributed by atoms with Gasteiger partial charge in [-0.05, 0) is 80.4 Å². The third-order valence-electron chi connectivity index (χ3n) is 13.9. The fourth-order valence-electron chi connectivity index (χ4n) is 11.1. The lowest BCUT2D eigenvalue weighted by Crippen LogP contribution is -2.64. The number of likely N-dealkylation sites (tertiary alicyclic amines) is 1. The Morgan fingerprint density at radius 2 is 1.59 bits per heavy atom. The summed E-state index contributed by atoms with van der Waals surface area (Å²) in [7, 11) is 2.26. The highest BCUT2D eigenvalue weighted by Crippen LogP contribution is 2.56. The molecule has 0 saturated carbocycles. The van der Waals surface area contributed by atoms with Crippen molar-refractivity contribution in [2.45, 2.75) is 81.2 Å². The Hall–Kier alpha value is -4.16. The van der Waals surface area contributed by atoms with Gasteiger partial charge in [-0.1, -0.05) is 147 Å². The zero-order valence-corrected chi connectivity index (χ0v) is 32.8. The Kier molecular flexibility index (Phi) is 8.43. The summed E-state index contributed by atoms with van der Waals surface area (Å²) in [6.45, 7) is 7.32. The molecule has 54 heavy (non-hydrogen) atoms. The maximum atomic E-state index is 5.53. The van der Waals surface area contributed by atoms with E-state index in [2.05, 4.69) is 194 Å². The molecule has 4 nitrogen and oxygen atoms in total. The molecular formula is C49H52N4S. The van der Waals surface area contributed by atoms with E-state index in [1.165, 1.54) is 5.56 Å². The zero-order chi connectivity index (χ0) is 36.6. The van der Waals surface area contributed by atoms with Gasteiger partial charge >= 0.3 is 0 Å². The van der Waals surface area contributed by atoms with Gasteiger partial charge in [-0.3, -0.25) is 9.80 Å². The van der Waals surface area contributed by atoms with Crippen LogP contribution in [0.25, 0.3) is 0 Å². The first-order valence-electron chi connectivity index (χ1n) is 20.2. The van der Waals surface area contributed by atoms with Gasteiger partial charge in [-0.15, -0.1) is 11.8 Å². The first-order valence-corrected chi connectivity index (χ1v) is 21.1. The lowest BCUT2D eigenvalue weighted by atomic mass is 9.73. The number of rotatable bonds is 5. The van der Waals surface area contributed by atoms with Crippen molar-refractivity contribution in [1.82, 2.24) is 15.1 Å². The van der Waals surface area contributed by atoms with Crippen molar-refractivity contribution in [3.05, 3.63) is 178 Å². The topological polar surface area (TPSA) is 30.9 Å². The van der Waals surface area contributed by atoms with E-state index in [4.69, 9.17) is 4.99 Å². The Balaban J connectivity index is 0.986. The minimum Gasteiger partial charge on any atom is -0.348 e. The van der Waals surface area contributed by atoms with E-state index in [1.54, 1.807) is 27.2 Å². The fourth-order valence-corrected chi connectivity index (χ4v) is 12.7. The van der Waals surface area contributed by atoms with Gasteiger partial charge in [0.05, 0.1) is 0 Å². The summed E-state index contributed by atoms with van der Waals surface area (Å²) in [4.78, 5) is 12.5. The predicted molar refractivity (Wildman–Crippen MR) is 226 cm³/mol. The molecule has 0 bridgehead atoms. The maximum absolute atomic E-state index is 5.53. The van der Waals surface area contributed by atoms with Crippen LogP contribution in [0.4, 0.5) is 0 Å². The highest BCUT2D eigenvalue weighted by molar-refractivity contribution is 8.04. The van der Waals surface area contributed by atoms with Gasteiger partial charge in [0.15, 0.2) is 0 Å². The van der Waals surface area contributed by atoms with Crippen LogP contribution in [-0.2, 0) is 5.66 Å². The number of benzene rings is 2. The zero-order valence-electron chi connectivity index (χ0n) is 32.0. The first kappa shape index (κ1) is 34.3. The van der Waals surface area contributed by atoms with Gasteiger partial charge in [0.25, 0.3) is 0 Å². The number of hydrogen-bond acceptors (Lipinski definition) is 5. The molecule has 3 aliphatic heterocycles. The lowest BCUT2D eigenvalue weighted by Gasteiger charge is -2.53. The summed E-state index contributed by atoms with van der Waals surface area (Å²) < 4.78 is 0. The average molecular weight is 729 g/mol. The number of hydrogen-bond donors (Lipinski definition) is 1. The second-order valence-corrected chi connectivity index (χ2v) is 18.3. The Morgan fingerprint density at radius 1 is 0.852 bits per heavy atom. The average Bonchev–Trinajstić information content (AvgIpc) is 3.76. The Bertz CT molecular complexity index is 2150. The van der Waals surface area contributed by atoms with Crippen LogP contribution in [0.2, 0.25) is 0 Å². The molecule has 2 fully saturated rings. The van der Waals surface area contributed by atoms with Crippen molar-refractivity contribution in [1.29, 1.82) is 0 Å². The van der Waals surface area contributed by atoms with Crippen molar-refractivity contribution in [3.8, 4) is 0 Å². The van der Waals surface area contributed by atoms with Crippen molar-refractivity contribution in [2.24, 2.45) is 28.7 Å². The van der Waals surface area contributed by atoms with Gasteiger partial charge in [-0.25, -0.2) is 4.99 Å². The molecule has 2 saturated heterocycles. The van der Waals surface area contributed by atoms with E-state index in [-0.39, 0.29) is 17.6 Å². The molecule has 2 aromatic carbocycles. The van der Waals surface area contributed by atoms with Crippen LogP contribution in [0.5, 0.6) is 0 Å². The van der Waals surface area contributed by atoms with E-state index in [1.807, 2.05) is 0 Å². The predicted octanol–water partition coefficient (Wildman–Crippen LogP) is 10.0. The van der Waals surface area contributed by atoms with Gasteiger partial charge in [0.2, 0.25) is 0 Å². The monoisotopic (exact) mass is 728 g/mol. The molecule has 0 amide bonds. The van der Waals surface area contributed by atoms with Crippen LogP contribution in [0, 0.1) is 23.7 Å². The number of thioether (sulfide) groups is 1. The fraction of sp³-hybridized carbons (Fsp3) is 0.367. The summed E-state index contributed by atoms with van der Waals surface area (Å²) >= 11 is 2.11. The molecule has 8 aliphatic rings. The summed E-state index contributed by atoms with van der Waals surface area (Å²) in [5.41, 5.74) is 8.24. The van der Waals surface area contributed by atoms with Crippen LogP contribution in [0.15, 0.2) is 172 Å². The minimum absolute atomic E-state index is 0.00903. The molecule has 0 aromatic heterocycles. The molecular weight excluding hydrogens is 677 g/mol. The number of amidine groups is 1. The molecule has 0 spiro atoms. The van der Waals surface area contributed by atoms with Crippen LogP contribution in [0.1, 0.15) is 57.6 Å². The molecule has 3 heterocycles. The molecule has 5 heteroatoms. The molecule has 10 atom stereocenters. The number of nitrogens with one attached hydrogen (secondary N) is 1. The maximum Gasteiger partial charge on any atom is 0.131 e. The van der Waals surface area contributed by atoms with Crippen LogP contribution >= 0.6 is 11.8 Å². The smallest absolute Gasteiger partial charge is 0.131 e. The van der Waals surface area contributed by atoms with Gasteiger partial charge < -0.3 is 5.32 Å². The standard InChI is InChI=1S/C49H52N4S/c1-32-31-48(2,29-28-36(32)47-50-46(33-16-7-5-8-17-33)51-49(3,52(47)4)35-18-9-6-10-19-35)53-42-24-13-11-20-38(42)39-27-26-34(30-43(39)53)37-22-15-23-41-40-21-12-14-25-44(40)54-45(37)41/h5-14,16-21,23-29,32,36,38,40,42-44,47H,15,22,30-31H2,1-4H3,(H,50,51). The number of aliphatic imine (C=N–C) groups is 1. The van der Waals surface area contributed by atoms with Crippen molar-refractivity contribution in [2.75, 3.05) is 7.05 Å². The van der Waals surface area contributed by atoms with E-state index < -0.39 is 5.66 Å². The largest absolute Gasteiger partial charge is 0.348 e. The van der Waals surface area contributed by atoms with Crippen LogP contribution in [0.3, 0.4) is 0 Å². The third kappa shape index (κ3) is 5.44. The van der Waals surface area contributed by atoms with Crippen LogP contribution in [-0.4, -0.2) is 51.7 Å². The second-order valence-electron chi connectivity index (χ2n) is 17.1. The Labute approximate surface area is 326 Å². The quantitative estimate of drug-likeness (QED) is 0.311. The molecule has 10 unspecified atom stereocenters. The molecule has 2 aromatic rings. The number of fused-ring (bicyclic) bond motifs is 6. The summed E-state index contributed by atoms with van der Waals surface area (Å²) in [5.74, 6) is 2.62. The van der Waals surface area contributed by atoms with Crippen molar-refractivity contribution >= 4 is 17.6 Å². The summed E-state index contributed by atoms with van der Waals surface area (Å²) in [6, 6.07) is 22.3. The van der Waals surface area contributed by atoms with E-state index >= 15 is 0 Å². The molecule has 0 radical (unpaired) electrons. The van der Waals surface area contributed by atoms with Crippen molar-refractivity contribution < 1.29 is 0 Å². The van der Waals surface area contributed by atoms with Crippen LogP contribution < -0.4 is 5.32 Å². The molecule has 5 aliphatic carbocycles. The second kappa shape index (κ2) is 13.3. The normalized spacial score (nSPS) is 38.1. The summed E-state index contributed by atoms with van der Waals surface area (Å²) in [5, 5.41) is 4.42. The Morgan fingerprint density at radius 3 is 2.39 bits per heavy atom. The highest BCUT2D eigenvalue weighted by atomic mass is 32.2.